The Bertz CT molecular complexity index is 764. The molecule has 2 aromatic rings. The lowest BCUT2D eigenvalue weighted by molar-refractivity contribution is -0.777. The summed E-state index contributed by atoms with van der Waals surface area (Å²) in [5.74, 6) is -3.05. The van der Waals surface area contributed by atoms with Crippen LogP contribution >= 0.6 is 12.0 Å². The van der Waals surface area contributed by atoms with Crippen LogP contribution in [0.15, 0.2) is 42.5 Å². The molecule has 0 heterocycles. The Morgan fingerprint density at radius 2 is 1.81 bits per heavy atom. The topological polar surface area (TPSA) is 94.1 Å². The number of hydrogen-bond donors (Lipinski definition) is 0. The van der Waals surface area contributed by atoms with Crippen molar-refractivity contribution in [2.45, 2.75) is 11.7 Å². The number of fused-ring (bicyclic) bond motifs is 1. The second-order valence-corrected chi connectivity index (χ2v) is 5.74. The first-order chi connectivity index (χ1) is 12.4. The number of halogens is 2. The zero-order chi connectivity index (χ0) is 19.0. The molecule has 0 aliphatic carbocycles. The Morgan fingerprint density at radius 3 is 2.58 bits per heavy atom. The van der Waals surface area contributed by atoms with E-state index in [0.717, 1.165) is 16.3 Å². The van der Waals surface area contributed by atoms with Gasteiger partial charge < -0.3 is 14.7 Å². The normalized spacial score (nSPS) is 11.3. The maximum Gasteiger partial charge on any atom is 0.415 e. The molecule has 0 fully saturated rings. The highest BCUT2D eigenvalue weighted by Crippen LogP contribution is 2.30. The minimum atomic E-state index is -4.20. The van der Waals surface area contributed by atoms with Gasteiger partial charge in [0, 0.05) is 6.42 Å². The van der Waals surface area contributed by atoms with Crippen molar-refractivity contribution in [3.8, 4) is 0 Å². The quantitative estimate of drug-likeness (QED) is 0.279. The van der Waals surface area contributed by atoms with Gasteiger partial charge >= 0.3 is 17.2 Å². The molecule has 2 rings (SSSR count). The van der Waals surface area contributed by atoms with Gasteiger partial charge in [-0.3, -0.25) is 5.04 Å². The summed E-state index contributed by atoms with van der Waals surface area (Å²) in [7, 11) is 0. The lowest BCUT2D eigenvalue weighted by Crippen LogP contribution is -2.30. The van der Waals surface area contributed by atoms with Crippen LogP contribution in [0.5, 0.6) is 0 Å². The van der Waals surface area contributed by atoms with E-state index >= 15 is 0 Å². The zero-order valence-electron chi connectivity index (χ0n) is 13.2. The van der Waals surface area contributed by atoms with Gasteiger partial charge in [0.15, 0.2) is 6.61 Å². The molecule has 0 aliphatic heterocycles. The van der Waals surface area contributed by atoms with Gasteiger partial charge in [0.1, 0.15) is 12.0 Å². The molecular formula is C16H13F2O7S-. The molecule has 0 saturated heterocycles. The molecule has 0 spiro atoms. The van der Waals surface area contributed by atoms with Crippen LogP contribution in [0.1, 0.15) is 5.56 Å². The molecule has 140 valence electrons. The van der Waals surface area contributed by atoms with E-state index in [0.29, 0.717) is 6.42 Å². The largest absolute Gasteiger partial charge is 0.691 e. The van der Waals surface area contributed by atoms with Gasteiger partial charge in [-0.05, 0) is 16.3 Å². The third kappa shape index (κ3) is 5.63. The Kier molecular flexibility index (Phi) is 7.27. The van der Waals surface area contributed by atoms with E-state index in [2.05, 4.69) is 14.1 Å². The van der Waals surface area contributed by atoms with Gasteiger partial charge in [-0.2, -0.15) is 13.1 Å². The van der Waals surface area contributed by atoms with Crippen molar-refractivity contribution < 1.29 is 42.5 Å². The summed E-state index contributed by atoms with van der Waals surface area (Å²) >= 11 is -0.840. The highest BCUT2D eigenvalue weighted by molar-refractivity contribution is 7.96. The fraction of sp³-hybridized carbons (Fsp3) is 0.250. The molecule has 0 saturated carbocycles. The van der Waals surface area contributed by atoms with Crippen molar-refractivity contribution in [2.24, 2.45) is 0 Å². The molecule has 0 unspecified atom stereocenters. The Labute approximate surface area is 150 Å². The van der Waals surface area contributed by atoms with Crippen LogP contribution in [0.2, 0.25) is 0 Å². The van der Waals surface area contributed by atoms with Gasteiger partial charge in [0.05, 0.1) is 6.61 Å². The summed E-state index contributed by atoms with van der Waals surface area (Å²) < 4.78 is 38.5. The first kappa shape index (κ1) is 20.0. The van der Waals surface area contributed by atoms with Crippen LogP contribution < -0.4 is 5.26 Å². The average molecular weight is 387 g/mol. The molecule has 0 bridgehead atoms. The standard InChI is InChI=1S/C16H14F2O7S/c17-16(18,26-25-24-21)15(20)23-10-14(19)22-9-8-12-6-3-5-11-4-1-2-7-13(11)12/h1-7,21H,8-10H2/p-1. The van der Waals surface area contributed by atoms with Crippen LogP contribution in [0.25, 0.3) is 10.8 Å². The number of carbonyl (C=O) groups excluding carboxylic acids is 2. The van der Waals surface area contributed by atoms with Crippen LogP contribution in [0.3, 0.4) is 0 Å². The van der Waals surface area contributed by atoms with E-state index in [-0.39, 0.29) is 6.61 Å². The maximum atomic E-state index is 13.1. The minimum Gasteiger partial charge on any atom is -0.691 e. The number of ether oxygens (including phenoxy) is 2. The SMILES string of the molecule is O=C(COC(=O)C(F)(F)SOO[O-])OCCc1cccc2ccccc12. The van der Waals surface area contributed by atoms with Crippen molar-refractivity contribution in [3.63, 3.8) is 0 Å². The first-order valence-corrected chi connectivity index (χ1v) is 8.00. The van der Waals surface area contributed by atoms with E-state index in [9.17, 15) is 23.6 Å². The lowest BCUT2D eigenvalue weighted by Gasteiger charge is -2.13. The number of alkyl halides is 2. The van der Waals surface area contributed by atoms with Crippen molar-refractivity contribution in [1.29, 1.82) is 0 Å². The molecule has 26 heavy (non-hydrogen) atoms. The second kappa shape index (κ2) is 9.43. The van der Waals surface area contributed by atoms with Gasteiger partial charge in [0.25, 0.3) is 0 Å². The van der Waals surface area contributed by atoms with Crippen molar-refractivity contribution in [2.75, 3.05) is 13.2 Å². The fourth-order valence-corrected chi connectivity index (χ4v) is 2.37. The predicted octanol–water partition coefficient (Wildman–Crippen LogP) is 1.93. The average Bonchev–Trinajstić information content (AvgIpc) is 2.64. The maximum absolute atomic E-state index is 13.1. The minimum absolute atomic E-state index is 0.0112. The molecule has 10 heteroatoms. The van der Waals surface area contributed by atoms with Crippen LogP contribution in [0, 0.1) is 0 Å². The molecule has 0 N–H and O–H groups in total. The first-order valence-electron chi connectivity index (χ1n) is 7.25. The summed E-state index contributed by atoms with van der Waals surface area (Å²) in [6, 6.07) is 13.4. The highest BCUT2D eigenvalue weighted by Gasteiger charge is 2.44. The molecule has 2 aromatic carbocycles. The number of hydrogen-bond acceptors (Lipinski definition) is 8. The third-order valence-corrected chi connectivity index (χ3v) is 3.74. The van der Waals surface area contributed by atoms with Gasteiger partial charge in [0.2, 0.25) is 0 Å². The van der Waals surface area contributed by atoms with Crippen molar-refractivity contribution in [1.82, 2.24) is 0 Å². The molecule has 0 radical (unpaired) electrons. The zero-order valence-corrected chi connectivity index (χ0v) is 14.0. The lowest BCUT2D eigenvalue weighted by atomic mass is 10.0. The van der Waals surface area contributed by atoms with Crippen LogP contribution in [-0.2, 0) is 34.9 Å². The van der Waals surface area contributed by atoms with Crippen LogP contribution in [0.4, 0.5) is 8.78 Å². The smallest absolute Gasteiger partial charge is 0.415 e. The van der Waals surface area contributed by atoms with Crippen molar-refractivity contribution in [3.05, 3.63) is 48.0 Å². The monoisotopic (exact) mass is 387 g/mol. The molecular weight excluding hydrogens is 374 g/mol. The van der Waals surface area contributed by atoms with E-state index in [1.54, 1.807) is 0 Å². The summed E-state index contributed by atoms with van der Waals surface area (Å²) in [6.45, 7) is -1.01. The van der Waals surface area contributed by atoms with Gasteiger partial charge in [-0.15, -0.1) is 0 Å². The molecule has 7 nitrogen and oxygen atoms in total. The molecule has 0 aromatic heterocycles. The van der Waals surface area contributed by atoms with E-state index < -0.39 is 35.8 Å². The number of esters is 2. The Balaban J connectivity index is 1.77. The summed E-state index contributed by atoms with van der Waals surface area (Å²) in [4.78, 5) is 22.6. The number of rotatable bonds is 9. The summed E-state index contributed by atoms with van der Waals surface area (Å²) in [5.41, 5.74) is 0.950. The Morgan fingerprint density at radius 1 is 1.08 bits per heavy atom. The molecule has 0 aliphatic rings. The summed E-state index contributed by atoms with van der Waals surface area (Å²) in [6.07, 6.45) is 0.404. The third-order valence-electron chi connectivity index (χ3n) is 3.24. The number of carbonyl (C=O) groups is 2. The Hall–Kier alpha value is -2.27. The van der Waals surface area contributed by atoms with Gasteiger partial charge in [-0.25, -0.2) is 9.59 Å². The van der Waals surface area contributed by atoms with Crippen molar-refractivity contribution >= 4 is 34.8 Å². The molecule has 0 atom stereocenters. The highest BCUT2D eigenvalue weighted by atomic mass is 32.2. The summed E-state index contributed by atoms with van der Waals surface area (Å²) in [5, 5.41) is 10.0. The van der Waals surface area contributed by atoms with E-state index in [1.807, 2.05) is 42.5 Å². The van der Waals surface area contributed by atoms with Crippen LogP contribution in [-0.4, -0.2) is 30.4 Å². The molecule has 0 amide bonds. The fourth-order valence-electron chi connectivity index (χ4n) is 2.13. The van der Waals surface area contributed by atoms with E-state index in [1.165, 1.54) is 0 Å². The predicted molar refractivity (Wildman–Crippen MR) is 84.3 cm³/mol. The second-order valence-electron chi connectivity index (χ2n) is 4.92. The van der Waals surface area contributed by atoms with Gasteiger partial charge in [-0.1, -0.05) is 42.5 Å². The number of benzene rings is 2. The van der Waals surface area contributed by atoms with E-state index in [4.69, 9.17) is 4.74 Å².